The Bertz CT molecular complexity index is 1230. The number of thiophene rings is 1. The molecule has 0 radical (unpaired) electrons. The Kier molecular flexibility index (Phi) is 5.17. The molecule has 1 amide bonds. The Morgan fingerprint density at radius 1 is 1.07 bits per heavy atom. The summed E-state index contributed by atoms with van der Waals surface area (Å²) in [6.07, 6.45) is 0. The van der Waals surface area contributed by atoms with Crippen molar-refractivity contribution in [2.24, 2.45) is 0 Å². The summed E-state index contributed by atoms with van der Waals surface area (Å²) in [7, 11) is 0. The molecule has 2 aromatic carbocycles. The lowest BCUT2D eigenvalue weighted by molar-refractivity contribution is 0.102. The molecule has 0 atom stereocenters. The van der Waals surface area contributed by atoms with Gasteiger partial charge in [-0.1, -0.05) is 34.1 Å². The van der Waals surface area contributed by atoms with E-state index in [0.717, 1.165) is 4.47 Å². The lowest BCUT2D eigenvalue weighted by Gasteiger charge is -2.07. The predicted molar refractivity (Wildman–Crippen MR) is 121 cm³/mol. The number of nitrogen functional groups attached to an aromatic ring is 1. The standard InChI is InChI=1S/C22H16BrN3O2S/c1-12-16(21(28)26-15-5-3-2-4-6-15)11-17-18(24)20(29-22(17)25-12)19(27)13-7-9-14(23)10-8-13/h2-11H,24H2,1H3,(H,26,28). The van der Waals surface area contributed by atoms with Crippen LogP contribution in [0.2, 0.25) is 0 Å². The molecule has 0 fully saturated rings. The molecule has 2 heterocycles. The number of nitrogens with zero attached hydrogens (tertiary/aromatic N) is 1. The zero-order valence-electron chi connectivity index (χ0n) is 15.4. The molecule has 2 aromatic heterocycles. The maximum atomic E-state index is 12.9. The number of anilines is 2. The number of hydrogen-bond acceptors (Lipinski definition) is 5. The molecule has 5 nitrogen and oxygen atoms in total. The summed E-state index contributed by atoms with van der Waals surface area (Å²) in [4.78, 5) is 31.2. The molecule has 0 spiro atoms. The van der Waals surface area contributed by atoms with Crippen LogP contribution in [0.15, 0.2) is 65.1 Å². The van der Waals surface area contributed by atoms with E-state index in [1.807, 2.05) is 42.5 Å². The van der Waals surface area contributed by atoms with E-state index in [1.54, 1.807) is 25.1 Å². The molecular formula is C22H16BrN3O2S. The number of amides is 1. The Labute approximate surface area is 179 Å². The van der Waals surface area contributed by atoms with Crippen molar-refractivity contribution >= 4 is 60.5 Å². The number of carbonyl (C=O) groups is 2. The van der Waals surface area contributed by atoms with Crippen LogP contribution in [0.1, 0.15) is 31.3 Å². The zero-order chi connectivity index (χ0) is 20.5. The van der Waals surface area contributed by atoms with Crippen molar-refractivity contribution in [3.05, 3.63) is 86.8 Å². The summed E-state index contributed by atoms with van der Waals surface area (Å²) in [5.41, 5.74) is 8.88. The van der Waals surface area contributed by atoms with E-state index >= 15 is 0 Å². The molecule has 144 valence electrons. The molecule has 0 saturated heterocycles. The van der Waals surface area contributed by atoms with Gasteiger partial charge in [-0.25, -0.2) is 4.98 Å². The average molecular weight is 466 g/mol. The zero-order valence-corrected chi connectivity index (χ0v) is 17.8. The monoisotopic (exact) mass is 465 g/mol. The minimum absolute atomic E-state index is 0.161. The summed E-state index contributed by atoms with van der Waals surface area (Å²) < 4.78 is 0.893. The van der Waals surface area contributed by atoms with Crippen LogP contribution in [-0.4, -0.2) is 16.7 Å². The van der Waals surface area contributed by atoms with Crippen molar-refractivity contribution in [3.8, 4) is 0 Å². The molecule has 0 aliphatic rings. The SMILES string of the molecule is Cc1nc2sc(C(=O)c3ccc(Br)cc3)c(N)c2cc1C(=O)Nc1ccccc1. The normalized spacial score (nSPS) is 10.8. The van der Waals surface area contributed by atoms with E-state index < -0.39 is 0 Å². The number of hydrogen-bond donors (Lipinski definition) is 2. The third-order valence-corrected chi connectivity index (χ3v) is 6.14. The van der Waals surface area contributed by atoms with Gasteiger partial charge in [0, 0.05) is 21.1 Å². The van der Waals surface area contributed by atoms with Gasteiger partial charge in [0.1, 0.15) is 9.71 Å². The first-order chi connectivity index (χ1) is 13.9. The molecule has 29 heavy (non-hydrogen) atoms. The molecule has 0 aliphatic carbocycles. The molecule has 0 aliphatic heterocycles. The molecule has 3 N–H and O–H groups in total. The summed E-state index contributed by atoms with van der Waals surface area (Å²) in [5, 5.41) is 3.47. The van der Waals surface area contributed by atoms with E-state index in [2.05, 4.69) is 26.2 Å². The van der Waals surface area contributed by atoms with Gasteiger partial charge in [-0.3, -0.25) is 9.59 Å². The van der Waals surface area contributed by atoms with Crippen molar-refractivity contribution in [3.63, 3.8) is 0 Å². The third-order valence-electron chi connectivity index (χ3n) is 4.50. The summed E-state index contributed by atoms with van der Waals surface area (Å²) in [5.74, 6) is -0.430. The van der Waals surface area contributed by atoms with Crippen LogP contribution in [0.5, 0.6) is 0 Å². The molecule has 7 heteroatoms. The smallest absolute Gasteiger partial charge is 0.257 e. The Morgan fingerprint density at radius 3 is 2.45 bits per heavy atom. The topological polar surface area (TPSA) is 85.1 Å². The number of nitrogens with one attached hydrogen (secondary N) is 1. The Morgan fingerprint density at radius 2 is 1.76 bits per heavy atom. The minimum atomic E-state index is -0.269. The van der Waals surface area contributed by atoms with Gasteiger partial charge >= 0.3 is 0 Å². The second kappa shape index (κ2) is 7.77. The summed E-state index contributed by atoms with van der Waals surface area (Å²) in [6.45, 7) is 1.77. The number of halogens is 1. The van der Waals surface area contributed by atoms with E-state index in [-0.39, 0.29) is 11.7 Å². The first-order valence-electron chi connectivity index (χ1n) is 8.80. The van der Waals surface area contributed by atoms with Gasteiger partial charge in [0.05, 0.1) is 16.9 Å². The number of pyridine rings is 1. The largest absolute Gasteiger partial charge is 0.397 e. The molecular weight excluding hydrogens is 450 g/mol. The van der Waals surface area contributed by atoms with Gasteiger partial charge in [0.25, 0.3) is 5.91 Å². The van der Waals surface area contributed by atoms with Crippen LogP contribution >= 0.6 is 27.3 Å². The number of carbonyl (C=O) groups excluding carboxylic acids is 2. The van der Waals surface area contributed by atoms with Gasteiger partial charge < -0.3 is 11.1 Å². The van der Waals surface area contributed by atoms with Gasteiger partial charge in [0.2, 0.25) is 5.78 Å². The lowest BCUT2D eigenvalue weighted by atomic mass is 10.1. The molecule has 0 saturated carbocycles. The van der Waals surface area contributed by atoms with E-state index in [9.17, 15) is 9.59 Å². The van der Waals surface area contributed by atoms with Crippen LogP contribution in [0.25, 0.3) is 10.2 Å². The van der Waals surface area contributed by atoms with Crippen LogP contribution in [0.4, 0.5) is 11.4 Å². The maximum Gasteiger partial charge on any atom is 0.257 e. The maximum absolute atomic E-state index is 12.9. The highest BCUT2D eigenvalue weighted by molar-refractivity contribution is 9.10. The van der Waals surface area contributed by atoms with Crippen molar-refractivity contribution < 1.29 is 9.59 Å². The molecule has 4 rings (SSSR count). The first-order valence-corrected chi connectivity index (χ1v) is 10.4. The number of nitrogens with two attached hydrogens (primary N) is 1. The Balaban J connectivity index is 1.72. The number of aryl methyl sites for hydroxylation is 1. The number of ketones is 1. The second-order valence-electron chi connectivity index (χ2n) is 6.48. The van der Waals surface area contributed by atoms with E-state index in [0.29, 0.717) is 43.3 Å². The first kappa shape index (κ1) is 19.3. The fraction of sp³-hybridized carbons (Fsp3) is 0.0455. The number of fused-ring (bicyclic) bond motifs is 1. The lowest BCUT2D eigenvalue weighted by Crippen LogP contribution is -2.14. The quantitative estimate of drug-likeness (QED) is 0.393. The highest BCUT2D eigenvalue weighted by Gasteiger charge is 2.21. The van der Waals surface area contributed by atoms with Gasteiger partial charge in [-0.2, -0.15) is 0 Å². The van der Waals surface area contributed by atoms with Gasteiger partial charge in [0.15, 0.2) is 0 Å². The fourth-order valence-corrected chi connectivity index (χ4v) is 4.33. The predicted octanol–water partition coefficient (Wildman–Crippen LogP) is 5.43. The molecule has 4 aromatic rings. The van der Waals surface area contributed by atoms with Crippen LogP contribution in [0.3, 0.4) is 0 Å². The third kappa shape index (κ3) is 3.79. The van der Waals surface area contributed by atoms with Crippen molar-refractivity contribution in [2.75, 3.05) is 11.1 Å². The van der Waals surface area contributed by atoms with Gasteiger partial charge in [-0.05, 0) is 49.4 Å². The van der Waals surface area contributed by atoms with Crippen LogP contribution < -0.4 is 11.1 Å². The number of benzene rings is 2. The second-order valence-corrected chi connectivity index (χ2v) is 8.39. The average Bonchev–Trinajstić information content (AvgIpc) is 3.03. The van der Waals surface area contributed by atoms with Crippen LogP contribution in [-0.2, 0) is 0 Å². The minimum Gasteiger partial charge on any atom is -0.397 e. The summed E-state index contributed by atoms with van der Waals surface area (Å²) in [6, 6.07) is 18.0. The Hall–Kier alpha value is -3.03. The molecule has 0 bridgehead atoms. The van der Waals surface area contributed by atoms with Crippen molar-refractivity contribution in [1.82, 2.24) is 4.98 Å². The highest BCUT2D eigenvalue weighted by Crippen LogP contribution is 2.35. The highest BCUT2D eigenvalue weighted by atomic mass is 79.9. The van der Waals surface area contributed by atoms with Crippen LogP contribution in [0, 0.1) is 6.92 Å². The fourth-order valence-electron chi connectivity index (χ4n) is 2.98. The summed E-state index contributed by atoms with van der Waals surface area (Å²) >= 11 is 4.61. The number of aromatic nitrogens is 1. The van der Waals surface area contributed by atoms with Crippen molar-refractivity contribution in [2.45, 2.75) is 6.92 Å². The van der Waals surface area contributed by atoms with E-state index in [1.165, 1.54) is 11.3 Å². The number of rotatable bonds is 4. The number of para-hydroxylation sites is 1. The molecule has 0 unspecified atom stereocenters. The van der Waals surface area contributed by atoms with E-state index in [4.69, 9.17) is 5.73 Å². The van der Waals surface area contributed by atoms with Crippen molar-refractivity contribution in [1.29, 1.82) is 0 Å². The van der Waals surface area contributed by atoms with Gasteiger partial charge in [-0.15, -0.1) is 11.3 Å².